The first-order valence-electron chi connectivity index (χ1n) is 13.0. The molecule has 0 saturated carbocycles. The van der Waals surface area contributed by atoms with E-state index in [0.29, 0.717) is 0 Å². The maximum atomic E-state index is 6.71. The Kier molecular flexibility index (Phi) is 4.36. The predicted molar refractivity (Wildman–Crippen MR) is 157 cm³/mol. The summed E-state index contributed by atoms with van der Waals surface area (Å²) in [5.74, 6) is 0. The zero-order chi connectivity index (χ0) is 25.4. The molecule has 8 rings (SSSR count). The summed E-state index contributed by atoms with van der Waals surface area (Å²) >= 11 is 0. The molecule has 0 aliphatic heterocycles. The highest BCUT2D eigenvalue weighted by molar-refractivity contribution is 6.11. The second-order valence-corrected chi connectivity index (χ2v) is 10.1. The van der Waals surface area contributed by atoms with Crippen molar-refractivity contribution in [1.82, 2.24) is 4.57 Å². The Hall–Kier alpha value is -4.89. The van der Waals surface area contributed by atoms with Gasteiger partial charge in [-0.3, -0.25) is 0 Å². The number of hydrogen-bond donors (Lipinski definition) is 0. The number of aryl methyl sites for hydroxylation is 2. The summed E-state index contributed by atoms with van der Waals surface area (Å²) in [6.45, 7) is 2.21. The minimum atomic E-state index is 0.894. The van der Waals surface area contributed by atoms with Crippen molar-refractivity contribution in [3.63, 3.8) is 0 Å². The molecule has 0 radical (unpaired) electrons. The lowest BCUT2D eigenvalue weighted by Crippen LogP contribution is -2.30. The Labute approximate surface area is 219 Å². The van der Waals surface area contributed by atoms with Crippen molar-refractivity contribution in [3.05, 3.63) is 121 Å². The first-order valence-corrected chi connectivity index (χ1v) is 13.0. The number of rotatable bonds is 2. The van der Waals surface area contributed by atoms with Gasteiger partial charge in [0.15, 0.2) is 6.20 Å². The second-order valence-electron chi connectivity index (χ2n) is 10.1. The molecule has 0 unspecified atom stereocenters. The second kappa shape index (κ2) is 7.80. The van der Waals surface area contributed by atoms with Gasteiger partial charge < -0.3 is 8.98 Å². The molecule has 3 nitrogen and oxygen atoms in total. The number of hydrogen-bond acceptors (Lipinski definition) is 1. The fourth-order valence-electron chi connectivity index (χ4n) is 6.20. The Balaban J connectivity index is 1.40. The standard InChI is InChI=1S/C35H25N2O/c1-22-25-10-4-3-9-23(25)15-17-26(22)34-35-30(19-20-36(34)2)29-18-16-24(21-33(29)38-35)37-31-13-7-5-11-27(31)28-12-6-8-14-32(28)37/h3-21H,1-2H3/q+1. The molecular formula is C35H25N2O+. The van der Waals surface area contributed by atoms with Gasteiger partial charge >= 0.3 is 0 Å². The summed E-state index contributed by atoms with van der Waals surface area (Å²) in [7, 11) is 2.10. The molecule has 0 aliphatic carbocycles. The van der Waals surface area contributed by atoms with Crippen LogP contribution in [0.2, 0.25) is 0 Å². The quantitative estimate of drug-likeness (QED) is 0.223. The number of aromatic nitrogens is 2. The van der Waals surface area contributed by atoms with E-state index in [4.69, 9.17) is 4.42 Å². The van der Waals surface area contributed by atoms with Crippen LogP contribution in [0.3, 0.4) is 0 Å². The van der Waals surface area contributed by atoms with Crippen LogP contribution >= 0.6 is 0 Å². The van der Waals surface area contributed by atoms with Gasteiger partial charge in [0.2, 0.25) is 5.58 Å². The highest BCUT2D eigenvalue weighted by atomic mass is 16.3. The average molecular weight is 490 g/mol. The van der Waals surface area contributed by atoms with Gasteiger partial charge in [0.25, 0.3) is 5.69 Å². The summed E-state index contributed by atoms with van der Waals surface area (Å²) in [6.07, 6.45) is 2.14. The van der Waals surface area contributed by atoms with Crippen molar-refractivity contribution >= 4 is 54.5 Å². The smallest absolute Gasteiger partial charge is 0.256 e. The molecule has 0 aliphatic rings. The Morgan fingerprint density at radius 3 is 2.08 bits per heavy atom. The molecule has 0 fully saturated rings. The van der Waals surface area contributed by atoms with E-state index in [-0.39, 0.29) is 0 Å². The van der Waals surface area contributed by atoms with Crippen LogP contribution in [0, 0.1) is 6.92 Å². The summed E-state index contributed by atoms with van der Waals surface area (Å²) in [5.41, 5.74) is 8.86. The van der Waals surface area contributed by atoms with Crippen molar-refractivity contribution in [2.75, 3.05) is 0 Å². The van der Waals surface area contributed by atoms with Crippen LogP contribution in [0.5, 0.6) is 0 Å². The fraction of sp³-hybridized carbons (Fsp3) is 0.0571. The molecule has 0 amide bonds. The van der Waals surface area contributed by atoms with E-state index in [9.17, 15) is 0 Å². The molecular weight excluding hydrogens is 464 g/mol. The monoisotopic (exact) mass is 489 g/mol. The van der Waals surface area contributed by atoms with Crippen LogP contribution in [0.1, 0.15) is 5.56 Å². The van der Waals surface area contributed by atoms with Crippen molar-refractivity contribution in [3.8, 4) is 16.9 Å². The number of furan rings is 1. The van der Waals surface area contributed by atoms with E-state index in [1.165, 1.54) is 43.7 Å². The lowest BCUT2D eigenvalue weighted by atomic mass is 9.97. The summed E-state index contributed by atoms with van der Waals surface area (Å²) in [4.78, 5) is 0. The topological polar surface area (TPSA) is 21.9 Å². The average Bonchev–Trinajstić information content (AvgIpc) is 3.49. The van der Waals surface area contributed by atoms with Crippen molar-refractivity contribution in [2.45, 2.75) is 6.92 Å². The van der Waals surface area contributed by atoms with Gasteiger partial charge in [0.05, 0.1) is 16.6 Å². The highest BCUT2D eigenvalue weighted by Gasteiger charge is 2.23. The van der Waals surface area contributed by atoms with Crippen LogP contribution in [-0.4, -0.2) is 4.57 Å². The molecule has 180 valence electrons. The van der Waals surface area contributed by atoms with Gasteiger partial charge in [0, 0.05) is 39.4 Å². The first kappa shape index (κ1) is 21.2. The van der Waals surface area contributed by atoms with Crippen LogP contribution in [0.4, 0.5) is 0 Å². The van der Waals surface area contributed by atoms with E-state index < -0.39 is 0 Å². The maximum Gasteiger partial charge on any atom is 0.256 e. The minimum Gasteiger partial charge on any atom is -0.449 e. The van der Waals surface area contributed by atoms with Crippen molar-refractivity contribution in [1.29, 1.82) is 0 Å². The van der Waals surface area contributed by atoms with E-state index in [2.05, 4.69) is 138 Å². The summed E-state index contributed by atoms with van der Waals surface area (Å²) in [6, 6.07) is 39.0. The molecule has 38 heavy (non-hydrogen) atoms. The number of nitrogens with zero attached hydrogens (tertiary/aromatic N) is 2. The van der Waals surface area contributed by atoms with Gasteiger partial charge in [-0.05, 0) is 53.6 Å². The van der Waals surface area contributed by atoms with E-state index in [1.807, 2.05) is 0 Å². The molecule has 0 saturated heterocycles. The third-order valence-corrected chi connectivity index (χ3v) is 8.04. The van der Waals surface area contributed by atoms with Crippen molar-refractivity contribution in [2.24, 2.45) is 7.05 Å². The number of para-hydroxylation sites is 2. The molecule has 5 aromatic carbocycles. The van der Waals surface area contributed by atoms with E-state index in [0.717, 1.165) is 33.3 Å². The zero-order valence-corrected chi connectivity index (χ0v) is 21.3. The maximum absolute atomic E-state index is 6.71. The van der Waals surface area contributed by atoms with Gasteiger partial charge in [0.1, 0.15) is 12.6 Å². The number of pyridine rings is 1. The molecule has 0 N–H and O–H groups in total. The zero-order valence-electron chi connectivity index (χ0n) is 21.3. The SMILES string of the molecule is Cc1c(-c2c3oc4cc(-n5c6ccccc6c6ccccc65)ccc4c3cc[n+]2C)ccc2ccccc12. The highest BCUT2D eigenvalue weighted by Crippen LogP contribution is 2.38. The Morgan fingerprint density at radius 2 is 1.32 bits per heavy atom. The number of benzene rings is 5. The lowest BCUT2D eigenvalue weighted by Gasteiger charge is -2.08. The molecule has 0 spiro atoms. The fourth-order valence-corrected chi connectivity index (χ4v) is 6.20. The number of fused-ring (bicyclic) bond motifs is 7. The van der Waals surface area contributed by atoms with Crippen LogP contribution in [-0.2, 0) is 7.05 Å². The van der Waals surface area contributed by atoms with Gasteiger partial charge in [-0.25, -0.2) is 0 Å². The molecule has 3 heteroatoms. The largest absolute Gasteiger partial charge is 0.449 e. The lowest BCUT2D eigenvalue weighted by molar-refractivity contribution is -0.659. The summed E-state index contributed by atoms with van der Waals surface area (Å²) < 4.78 is 11.2. The third kappa shape index (κ3) is 2.87. The van der Waals surface area contributed by atoms with Gasteiger partial charge in [-0.2, -0.15) is 4.57 Å². The van der Waals surface area contributed by atoms with Crippen LogP contribution in [0.25, 0.3) is 71.5 Å². The van der Waals surface area contributed by atoms with Crippen molar-refractivity contribution < 1.29 is 8.98 Å². The normalized spacial score (nSPS) is 11.9. The Bertz CT molecular complexity index is 2160. The third-order valence-electron chi connectivity index (χ3n) is 8.04. The van der Waals surface area contributed by atoms with Crippen LogP contribution in [0.15, 0.2) is 120 Å². The molecule has 3 aromatic heterocycles. The van der Waals surface area contributed by atoms with Crippen LogP contribution < -0.4 is 4.57 Å². The first-order chi connectivity index (χ1) is 18.7. The van der Waals surface area contributed by atoms with Gasteiger partial charge in [-0.15, -0.1) is 0 Å². The molecule has 0 bridgehead atoms. The van der Waals surface area contributed by atoms with Gasteiger partial charge in [-0.1, -0.05) is 66.7 Å². The van der Waals surface area contributed by atoms with E-state index in [1.54, 1.807) is 0 Å². The Morgan fingerprint density at radius 1 is 0.632 bits per heavy atom. The molecule has 3 heterocycles. The summed E-state index contributed by atoms with van der Waals surface area (Å²) in [5, 5.41) is 7.30. The predicted octanol–water partition coefficient (Wildman–Crippen LogP) is 8.64. The molecule has 8 aromatic rings. The van der Waals surface area contributed by atoms with E-state index >= 15 is 0 Å². The minimum absolute atomic E-state index is 0.894. The molecule has 0 atom stereocenters.